The van der Waals surface area contributed by atoms with Crippen LogP contribution in [0.2, 0.25) is 0 Å². The first-order valence-corrected chi connectivity index (χ1v) is 9.34. The van der Waals surface area contributed by atoms with E-state index in [1.807, 2.05) is 25.1 Å². The Kier molecular flexibility index (Phi) is 6.58. The molecule has 1 aromatic heterocycles. The van der Waals surface area contributed by atoms with Crippen molar-refractivity contribution in [3.8, 4) is 12.3 Å². The van der Waals surface area contributed by atoms with E-state index in [0.29, 0.717) is 12.1 Å². The average Bonchev–Trinajstić information content (AvgIpc) is 3.14. The summed E-state index contributed by atoms with van der Waals surface area (Å²) in [6.07, 6.45) is 6.64. The Balaban J connectivity index is 2.03. The highest BCUT2D eigenvalue weighted by Crippen LogP contribution is 2.18. The molecule has 0 bridgehead atoms. The number of amides is 1. The highest BCUT2D eigenvalue weighted by atomic mass is 32.2. The normalized spacial score (nSPS) is 12.5. The third kappa shape index (κ3) is 4.95. The molecule has 0 radical (unpaired) electrons. The second kappa shape index (κ2) is 8.67. The van der Waals surface area contributed by atoms with Crippen LogP contribution in [0.3, 0.4) is 0 Å². The summed E-state index contributed by atoms with van der Waals surface area (Å²) in [7, 11) is 0.107. The Hall–Kier alpha value is -2.60. The van der Waals surface area contributed by atoms with Gasteiger partial charge in [0, 0.05) is 12.1 Å². The topological polar surface area (TPSA) is 91.6 Å². The SMILES string of the molecule is C#CCNS(=O)(=O)c1ccc(C(=O)NCC(c2ccco2)N(C)C)cc1. The van der Waals surface area contributed by atoms with Crippen LogP contribution in [0.1, 0.15) is 22.2 Å². The minimum atomic E-state index is -3.67. The summed E-state index contributed by atoms with van der Waals surface area (Å²) in [6, 6.07) is 9.17. The van der Waals surface area contributed by atoms with E-state index < -0.39 is 10.0 Å². The van der Waals surface area contributed by atoms with E-state index in [1.54, 1.807) is 12.3 Å². The van der Waals surface area contributed by atoms with Crippen LogP contribution in [0.4, 0.5) is 0 Å². The van der Waals surface area contributed by atoms with Crippen LogP contribution in [0.25, 0.3) is 0 Å². The predicted molar refractivity (Wildman–Crippen MR) is 97.9 cm³/mol. The summed E-state index contributed by atoms with van der Waals surface area (Å²) >= 11 is 0. The van der Waals surface area contributed by atoms with Gasteiger partial charge in [-0.05, 0) is 50.5 Å². The molecule has 2 rings (SSSR count). The molecule has 1 atom stereocenters. The number of hydrogen-bond donors (Lipinski definition) is 2. The molecule has 138 valence electrons. The molecule has 1 heterocycles. The second-order valence-electron chi connectivity index (χ2n) is 5.76. The summed E-state index contributed by atoms with van der Waals surface area (Å²) in [5.74, 6) is 2.65. The van der Waals surface area contributed by atoms with E-state index in [1.165, 1.54) is 24.3 Å². The van der Waals surface area contributed by atoms with Crippen molar-refractivity contribution < 1.29 is 17.6 Å². The van der Waals surface area contributed by atoms with Crippen LogP contribution < -0.4 is 10.0 Å². The van der Waals surface area contributed by atoms with Crippen LogP contribution in [0.5, 0.6) is 0 Å². The number of nitrogens with one attached hydrogen (secondary N) is 2. The van der Waals surface area contributed by atoms with Crippen molar-refractivity contribution in [2.45, 2.75) is 10.9 Å². The van der Waals surface area contributed by atoms with Crippen molar-refractivity contribution in [2.24, 2.45) is 0 Å². The smallest absolute Gasteiger partial charge is 0.251 e. The Morgan fingerprint density at radius 3 is 2.50 bits per heavy atom. The van der Waals surface area contributed by atoms with E-state index >= 15 is 0 Å². The van der Waals surface area contributed by atoms with Gasteiger partial charge in [0.15, 0.2) is 0 Å². The Bertz CT molecular complexity index is 866. The number of terminal acetylenes is 1. The van der Waals surface area contributed by atoms with Gasteiger partial charge < -0.3 is 9.73 Å². The second-order valence-corrected chi connectivity index (χ2v) is 7.52. The molecule has 1 amide bonds. The molecule has 0 saturated carbocycles. The zero-order valence-corrected chi connectivity index (χ0v) is 15.4. The summed E-state index contributed by atoms with van der Waals surface area (Å²) in [5, 5.41) is 2.83. The molecule has 0 aliphatic heterocycles. The van der Waals surface area contributed by atoms with E-state index in [9.17, 15) is 13.2 Å². The number of likely N-dealkylation sites (N-methyl/N-ethyl adjacent to an activating group) is 1. The van der Waals surface area contributed by atoms with Gasteiger partial charge in [0.1, 0.15) is 5.76 Å². The molecular weight excluding hydrogens is 354 g/mol. The first kappa shape index (κ1) is 19.7. The highest BCUT2D eigenvalue weighted by molar-refractivity contribution is 7.89. The van der Waals surface area contributed by atoms with Crippen LogP contribution in [0.15, 0.2) is 52.0 Å². The third-order valence-corrected chi connectivity index (χ3v) is 5.16. The van der Waals surface area contributed by atoms with Gasteiger partial charge in [-0.25, -0.2) is 8.42 Å². The molecule has 0 spiro atoms. The fourth-order valence-corrected chi connectivity index (χ4v) is 3.25. The molecule has 7 nitrogen and oxygen atoms in total. The summed E-state index contributed by atoms with van der Waals surface area (Å²) in [6.45, 7) is 0.256. The van der Waals surface area contributed by atoms with E-state index in [2.05, 4.69) is 16.0 Å². The number of hydrogen-bond acceptors (Lipinski definition) is 5. The van der Waals surface area contributed by atoms with Gasteiger partial charge in [-0.3, -0.25) is 9.69 Å². The molecule has 0 saturated heterocycles. The molecule has 1 aromatic carbocycles. The standard InChI is InChI=1S/C18H21N3O4S/c1-4-11-20-26(23,24)15-9-7-14(8-10-15)18(22)19-13-16(21(2)3)17-6-5-12-25-17/h1,5-10,12,16,20H,11,13H2,2-3H3,(H,19,22). The van der Waals surface area contributed by atoms with Crippen molar-refractivity contribution in [2.75, 3.05) is 27.2 Å². The van der Waals surface area contributed by atoms with Crippen LogP contribution in [0, 0.1) is 12.3 Å². The monoisotopic (exact) mass is 375 g/mol. The van der Waals surface area contributed by atoms with Crippen molar-refractivity contribution in [1.82, 2.24) is 14.9 Å². The Labute approximate surface area is 153 Å². The van der Waals surface area contributed by atoms with Gasteiger partial charge >= 0.3 is 0 Å². The number of carbonyl (C=O) groups excluding carboxylic acids is 1. The maximum Gasteiger partial charge on any atom is 0.251 e. The number of rotatable bonds is 8. The van der Waals surface area contributed by atoms with Crippen molar-refractivity contribution in [3.05, 3.63) is 54.0 Å². The Morgan fingerprint density at radius 2 is 1.96 bits per heavy atom. The van der Waals surface area contributed by atoms with Crippen LogP contribution in [-0.2, 0) is 10.0 Å². The number of furan rings is 1. The van der Waals surface area contributed by atoms with Gasteiger partial charge in [-0.2, -0.15) is 4.72 Å². The average molecular weight is 375 g/mol. The molecule has 0 fully saturated rings. The van der Waals surface area contributed by atoms with Crippen molar-refractivity contribution in [1.29, 1.82) is 0 Å². The summed E-state index contributed by atoms with van der Waals surface area (Å²) in [5.41, 5.74) is 0.359. The van der Waals surface area contributed by atoms with Crippen molar-refractivity contribution in [3.63, 3.8) is 0 Å². The molecule has 2 aromatic rings. The highest BCUT2D eigenvalue weighted by Gasteiger charge is 2.19. The van der Waals surface area contributed by atoms with Gasteiger partial charge in [0.05, 0.1) is 23.7 Å². The minimum Gasteiger partial charge on any atom is -0.468 e. The van der Waals surface area contributed by atoms with Gasteiger partial charge in [0.25, 0.3) is 5.91 Å². The number of carbonyl (C=O) groups is 1. The maximum atomic E-state index is 12.3. The van der Waals surface area contributed by atoms with Crippen molar-refractivity contribution >= 4 is 15.9 Å². The predicted octanol–water partition coefficient (Wildman–Crippen LogP) is 1.22. The zero-order chi connectivity index (χ0) is 19.2. The molecule has 2 N–H and O–H groups in total. The third-order valence-electron chi connectivity index (χ3n) is 3.74. The lowest BCUT2D eigenvalue weighted by Crippen LogP contribution is -2.34. The molecule has 1 unspecified atom stereocenters. The molecule has 8 heteroatoms. The lowest BCUT2D eigenvalue weighted by Gasteiger charge is -2.22. The maximum absolute atomic E-state index is 12.3. The number of sulfonamides is 1. The molecule has 0 aliphatic carbocycles. The fraction of sp³-hybridized carbons (Fsp3) is 0.278. The lowest BCUT2D eigenvalue weighted by atomic mass is 10.2. The lowest BCUT2D eigenvalue weighted by molar-refractivity contribution is 0.0939. The van der Waals surface area contributed by atoms with E-state index in [4.69, 9.17) is 10.8 Å². The number of nitrogens with zero attached hydrogens (tertiary/aromatic N) is 1. The first-order chi connectivity index (χ1) is 12.3. The van der Waals surface area contributed by atoms with E-state index in [-0.39, 0.29) is 23.4 Å². The minimum absolute atomic E-state index is 0.0473. The first-order valence-electron chi connectivity index (χ1n) is 7.86. The van der Waals surface area contributed by atoms with Gasteiger partial charge in [-0.1, -0.05) is 5.92 Å². The van der Waals surface area contributed by atoms with E-state index in [0.717, 1.165) is 5.76 Å². The quantitative estimate of drug-likeness (QED) is 0.677. The number of benzene rings is 1. The molecule has 0 aliphatic rings. The zero-order valence-electron chi connectivity index (χ0n) is 14.6. The van der Waals surface area contributed by atoms with Gasteiger partial charge in [0.2, 0.25) is 10.0 Å². The largest absolute Gasteiger partial charge is 0.468 e. The van der Waals surface area contributed by atoms with Crippen LogP contribution in [-0.4, -0.2) is 46.4 Å². The fourth-order valence-electron chi connectivity index (χ4n) is 2.32. The Morgan fingerprint density at radius 1 is 1.27 bits per heavy atom. The molecular formula is C18H21N3O4S. The van der Waals surface area contributed by atoms with Crippen LogP contribution >= 0.6 is 0 Å². The molecule has 26 heavy (non-hydrogen) atoms. The van der Waals surface area contributed by atoms with Gasteiger partial charge in [-0.15, -0.1) is 6.42 Å². The summed E-state index contributed by atoms with van der Waals surface area (Å²) in [4.78, 5) is 14.3. The summed E-state index contributed by atoms with van der Waals surface area (Å²) < 4.78 is 31.6.